The lowest BCUT2D eigenvalue weighted by atomic mass is 10.2. The quantitative estimate of drug-likeness (QED) is 0.861. The molecule has 0 spiro atoms. The fourth-order valence-electron chi connectivity index (χ4n) is 1.21. The van der Waals surface area contributed by atoms with Crippen LogP contribution in [0.25, 0.3) is 0 Å². The zero-order chi connectivity index (χ0) is 9.97. The summed E-state index contributed by atoms with van der Waals surface area (Å²) < 4.78 is 1.07. The maximum Gasteiger partial charge on any atom is 0.204 e. The van der Waals surface area contributed by atoms with Gasteiger partial charge in [-0.05, 0) is 34.5 Å². The SMILES string of the molecule is Cc1cccc(Nc2ncc[nH]2)c1Br. The number of hydrogen-bond donors (Lipinski definition) is 2. The van der Waals surface area contributed by atoms with Crippen LogP contribution in [0.4, 0.5) is 11.6 Å². The summed E-state index contributed by atoms with van der Waals surface area (Å²) in [6, 6.07) is 6.06. The van der Waals surface area contributed by atoms with Gasteiger partial charge in [0.2, 0.25) is 5.95 Å². The molecule has 2 rings (SSSR count). The molecule has 0 amide bonds. The van der Waals surface area contributed by atoms with Crippen molar-refractivity contribution < 1.29 is 0 Å². The monoisotopic (exact) mass is 251 g/mol. The first-order chi connectivity index (χ1) is 6.77. The van der Waals surface area contributed by atoms with E-state index >= 15 is 0 Å². The van der Waals surface area contributed by atoms with Crippen molar-refractivity contribution in [2.45, 2.75) is 6.92 Å². The maximum absolute atomic E-state index is 4.09. The predicted molar refractivity (Wildman–Crippen MR) is 60.7 cm³/mol. The van der Waals surface area contributed by atoms with Crippen LogP contribution in [0, 0.1) is 6.92 Å². The van der Waals surface area contributed by atoms with Crippen molar-refractivity contribution in [3.63, 3.8) is 0 Å². The standard InChI is InChI=1S/C10H10BrN3/c1-7-3-2-4-8(9(7)11)14-10-12-5-6-13-10/h2-6H,1H3,(H2,12,13,14). The molecule has 2 aromatic rings. The molecule has 0 radical (unpaired) electrons. The molecule has 1 aromatic heterocycles. The molecule has 0 saturated heterocycles. The van der Waals surface area contributed by atoms with Crippen molar-refractivity contribution in [2.75, 3.05) is 5.32 Å². The lowest BCUT2D eigenvalue weighted by Gasteiger charge is -2.07. The average Bonchev–Trinajstić information content (AvgIpc) is 2.66. The van der Waals surface area contributed by atoms with Gasteiger partial charge in [0.15, 0.2) is 0 Å². The van der Waals surface area contributed by atoms with Crippen LogP contribution >= 0.6 is 15.9 Å². The Hall–Kier alpha value is -1.29. The van der Waals surface area contributed by atoms with Crippen LogP contribution in [0.1, 0.15) is 5.56 Å². The summed E-state index contributed by atoms with van der Waals surface area (Å²) in [5, 5.41) is 3.18. The van der Waals surface area contributed by atoms with E-state index < -0.39 is 0 Å². The molecule has 0 fully saturated rings. The minimum atomic E-state index is 0.747. The van der Waals surface area contributed by atoms with Gasteiger partial charge in [-0.2, -0.15) is 0 Å². The van der Waals surface area contributed by atoms with E-state index in [1.165, 1.54) is 5.56 Å². The van der Waals surface area contributed by atoms with Crippen LogP contribution in [0.5, 0.6) is 0 Å². The van der Waals surface area contributed by atoms with Crippen molar-refractivity contribution in [3.8, 4) is 0 Å². The van der Waals surface area contributed by atoms with Crippen LogP contribution in [0.3, 0.4) is 0 Å². The largest absolute Gasteiger partial charge is 0.331 e. The number of aromatic nitrogens is 2. The molecule has 2 N–H and O–H groups in total. The molecule has 0 saturated carbocycles. The van der Waals surface area contributed by atoms with Crippen molar-refractivity contribution >= 4 is 27.6 Å². The lowest BCUT2D eigenvalue weighted by molar-refractivity contribution is 1.28. The molecular weight excluding hydrogens is 242 g/mol. The smallest absolute Gasteiger partial charge is 0.204 e. The topological polar surface area (TPSA) is 40.7 Å². The van der Waals surface area contributed by atoms with Crippen LogP contribution < -0.4 is 5.32 Å². The second kappa shape index (κ2) is 3.84. The van der Waals surface area contributed by atoms with E-state index in [0.29, 0.717) is 0 Å². The highest BCUT2D eigenvalue weighted by Crippen LogP contribution is 2.27. The van der Waals surface area contributed by atoms with Gasteiger partial charge in [-0.25, -0.2) is 4.98 Å². The number of imidazole rings is 1. The average molecular weight is 252 g/mol. The minimum Gasteiger partial charge on any atom is -0.331 e. The Bertz CT molecular complexity index is 423. The van der Waals surface area contributed by atoms with Gasteiger partial charge in [-0.15, -0.1) is 0 Å². The van der Waals surface area contributed by atoms with Crippen molar-refractivity contribution in [1.29, 1.82) is 0 Å². The first kappa shape index (κ1) is 9.27. The number of hydrogen-bond acceptors (Lipinski definition) is 2. The Morgan fingerprint density at radius 2 is 2.29 bits per heavy atom. The summed E-state index contributed by atoms with van der Waals surface area (Å²) in [5.41, 5.74) is 2.21. The highest BCUT2D eigenvalue weighted by molar-refractivity contribution is 9.10. The first-order valence-corrected chi connectivity index (χ1v) is 5.08. The molecule has 1 heterocycles. The van der Waals surface area contributed by atoms with E-state index in [9.17, 15) is 0 Å². The van der Waals surface area contributed by atoms with E-state index in [1.54, 1.807) is 12.4 Å². The summed E-state index contributed by atoms with van der Waals surface area (Å²) in [4.78, 5) is 7.08. The Morgan fingerprint density at radius 1 is 1.43 bits per heavy atom. The van der Waals surface area contributed by atoms with Gasteiger partial charge in [-0.3, -0.25) is 0 Å². The van der Waals surface area contributed by atoms with Crippen LogP contribution in [-0.4, -0.2) is 9.97 Å². The minimum absolute atomic E-state index is 0.747. The fraction of sp³-hybridized carbons (Fsp3) is 0.100. The third-order valence-electron chi connectivity index (χ3n) is 1.94. The Morgan fingerprint density at radius 3 is 3.00 bits per heavy atom. The fourth-order valence-corrected chi connectivity index (χ4v) is 1.57. The van der Waals surface area contributed by atoms with Gasteiger partial charge >= 0.3 is 0 Å². The van der Waals surface area contributed by atoms with Crippen LogP contribution in [0.15, 0.2) is 35.1 Å². The summed E-state index contributed by atoms with van der Waals surface area (Å²) in [7, 11) is 0. The van der Waals surface area contributed by atoms with Gasteiger partial charge in [-0.1, -0.05) is 12.1 Å². The highest BCUT2D eigenvalue weighted by Gasteiger charge is 2.02. The molecular formula is C10H10BrN3. The lowest BCUT2D eigenvalue weighted by Crippen LogP contribution is -1.93. The van der Waals surface area contributed by atoms with Crippen molar-refractivity contribution in [3.05, 3.63) is 40.6 Å². The molecule has 0 bridgehead atoms. The summed E-state index contributed by atoms with van der Waals surface area (Å²) in [6.07, 6.45) is 3.50. The number of aromatic amines is 1. The van der Waals surface area contributed by atoms with E-state index in [-0.39, 0.29) is 0 Å². The molecule has 0 atom stereocenters. The number of benzene rings is 1. The molecule has 72 valence electrons. The van der Waals surface area contributed by atoms with Gasteiger partial charge in [0.1, 0.15) is 0 Å². The molecule has 0 unspecified atom stereocenters. The number of nitrogens with one attached hydrogen (secondary N) is 2. The molecule has 14 heavy (non-hydrogen) atoms. The number of halogens is 1. The van der Waals surface area contributed by atoms with E-state index in [4.69, 9.17) is 0 Å². The van der Waals surface area contributed by atoms with Crippen LogP contribution in [0.2, 0.25) is 0 Å². The Kier molecular flexibility index (Phi) is 2.54. The van der Waals surface area contributed by atoms with E-state index in [1.807, 2.05) is 12.1 Å². The zero-order valence-electron chi connectivity index (χ0n) is 7.71. The maximum atomic E-state index is 4.09. The van der Waals surface area contributed by atoms with Gasteiger partial charge < -0.3 is 10.3 Å². The van der Waals surface area contributed by atoms with E-state index in [0.717, 1.165) is 16.1 Å². The number of nitrogens with zero attached hydrogens (tertiary/aromatic N) is 1. The number of aryl methyl sites for hydroxylation is 1. The zero-order valence-corrected chi connectivity index (χ0v) is 9.30. The normalized spacial score (nSPS) is 10.1. The molecule has 3 nitrogen and oxygen atoms in total. The molecule has 0 aliphatic rings. The van der Waals surface area contributed by atoms with Crippen molar-refractivity contribution in [2.24, 2.45) is 0 Å². The second-order valence-electron chi connectivity index (χ2n) is 3.00. The molecule has 0 aliphatic heterocycles. The molecule has 4 heteroatoms. The predicted octanol–water partition coefficient (Wildman–Crippen LogP) is 3.22. The summed E-state index contributed by atoms with van der Waals surface area (Å²) >= 11 is 3.52. The van der Waals surface area contributed by atoms with Crippen LogP contribution in [-0.2, 0) is 0 Å². The number of anilines is 2. The van der Waals surface area contributed by atoms with Gasteiger partial charge in [0, 0.05) is 16.9 Å². The molecule has 1 aromatic carbocycles. The van der Waals surface area contributed by atoms with Crippen molar-refractivity contribution in [1.82, 2.24) is 9.97 Å². The highest BCUT2D eigenvalue weighted by atomic mass is 79.9. The third-order valence-corrected chi connectivity index (χ3v) is 3.00. The number of rotatable bonds is 2. The van der Waals surface area contributed by atoms with Gasteiger partial charge in [0.05, 0.1) is 5.69 Å². The number of H-pyrrole nitrogens is 1. The Balaban J connectivity index is 2.29. The third kappa shape index (κ3) is 1.80. The summed E-state index contributed by atoms with van der Waals surface area (Å²) in [5.74, 6) is 0.747. The summed E-state index contributed by atoms with van der Waals surface area (Å²) in [6.45, 7) is 2.05. The van der Waals surface area contributed by atoms with Gasteiger partial charge in [0.25, 0.3) is 0 Å². The molecule has 0 aliphatic carbocycles. The Labute approximate surface area is 90.7 Å². The second-order valence-corrected chi connectivity index (χ2v) is 3.79. The first-order valence-electron chi connectivity index (χ1n) is 4.29. The van der Waals surface area contributed by atoms with E-state index in [2.05, 4.69) is 44.2 Å².